The zero-order valence-electron chi connectivity index (χ0n) is 7.00. The number of hydrogen-bond acceptors (Lipinski definition) is 1. The van der Waals surface area contributed by atoms with E-state index in [0.29, 0.717) is 0 Å². The van der Waals surface area contributed by atoms with Gasteiger partial charge in [0.05, 0.1) is 0 Å². The summed E-state index contributed by atoms with van der Waals surface area (Å²) < 4.78 is 0.845. The topological polar surface area (TPSA) is 3.24 Å². The van der Waals surface area contributed by atoms with Crippen molar-refractivity contribution in [3.05, 3.63) is 12.2 Å². The van der Waals surface area contributed by atoms with Crippen molar-refractivity contribution in [3.8, 4) is 0 Å². The van der Waals surface area contributed by atoms with Crippen LogP contribution in [-0.2, 0) is 0 Å². The van der Waals surface area contributed by atoms with Crippen LogP contribution in [0.4, 0.5) is 0 Å². The van der Waals surface area contributed by atoms with Crippen molar-refractivity contribution in [2.24, 2.45) is 11.8 Å². The minimum absolute atomic E-state index is 0.797. The molecule has 0 heterocycles. The van der Waals surface area contributed by atoms with Gasteiger partial charge in [0.2, 0.25) is 0 Å². The molecule has 0 N–H and O–H groups in total. The lowest BCUT2D eigenvalue weighted by Crippen LogP contribution is -2.38. The first-order valence-corrected chi connectivity index (χ1v) is 5.43. The van der Waals surface area contributed by atoms with Gasteiger partial charge in [-0.2, -0.15) is 0 Å². The highest BCUT2D eigenvalue weighted by molar-refractivity contribution is 14.1. The van der Waals surface area contributed by atoms with Crippen LogP contribution in [0.1, 0.15) is 6.42 Å². The summed E-state index contributed by atoms with van der Waals surface area (Å²) in [5.74, 6) is 1.71. The maximum Gasteiger partial charge on any atom is 0.0334 e. The Bertz CT molecular complexity index is 188. The van der Waals surface area contributed by atoms with E-state index < -0.39 is 0 Å². The molecule has 0 aromatic rings. The average Bonchev–Trinajstić information content (AvgIpc) is 2.44. The maximum absolute atomic E-state index is 2.61. The summed E-state index contributed by atoms with van der Waals surface area (Å²) in [4.78, 5) is 2.38. The Kier molecular flexibility index (Phi) is 2.00. The fourth-order valence-electron chi connectivity index (χ4n) is 2.40. The van der Waals surface area contributed by atoms with E-state index in [1.54, 1.807) is 0 Å². The molecule has 2 heteroatoms. The first kappa shape index (κ1) is 8.05. The van der Waals surface area contributed by atoms with Crippen molar-refractivity contribution in [3.63, 3.8) is 0 Å². The Labute approximate surface area is 82.0 Å². The van der Waals surface area contributed by atoms with E-state index in [2.05, 4.69) is 53.7 Å². The molecule has 0 aromatic heterocycles. The van der Waals surface area contributed by atoms with Gasteiger partial charge in [0.15, 0.2) is 0 Å². The molecule has 0 spiro atoms. The van der Waals surface area contributed by atoms with Crippen molar-refractivity contribution in [1.29, 1.82) is 0 Å². The molecule has 2 bridgehead atoms. The largest absolute Gasteiger partial charge is 0.305 e. The van der Waals surface area contributed by atoms with Gasteiger partial charge in [-0.05, 0) is 32.4 Å². The maximum atomic E-state index is 2.61. The number of halogens is 1. The Balaban J connectivity index is 2.18. The quantitative estimate of drug-likeness (QED) is 0.397. The molecule has 4 atom stereocenters. The van der Waals surface area contributed by atoms with Crippen molar-refractivity contribution >= 4 is 22.6 Å². The number of allylic oxidation sites excluding steroid dienone is 1. The molecule has 1 nitrogen and oxygen atoms in total. The van der Waals surface area contributed by atoms with Gasteiger partial charge in [-0.3, -0.25) is 0 Å². The minimum atomic E-state index is 0.797. The molecule has 11 heavy (non-hydrogen) atoms. The highest BCUT2D eigenvalue weighted by Gasteiger charge is 2.43. The first-order chi connectivity index (χ1) is 5.20. The Morgan fingerprint density at radius 1 is 1.27 bits per heavy atom. The summed E-state index contributed by atoms with van der Waals surface area (Å²) in [5.41, 5.74) is 0. The molecular formula is C9H14IN. The SMILES string of the molecule is CN(C)C1C2C=CC(C2)C1I. The van der Waals surface area contributed by atoms with Crippen LogP contribution in [0.3, 0.4) is 0 Å². The molecule has 4 unspecified atom stereocenters. The van der Waals surface area contributed by atoms with Crippen molar-refractivity contribution in [2.75, 3.05) is 14.1 Å². The van der Waals surface area contributed by atoms with Gasteiger partial charge in [-0.15, -0.1) is 0 Å². The van der Waals surface area contributed by atoms with E-state index >= 15 is 0 Å². The van der Waals surface area contributed by atoms with Gasteiger partial charge >= 0.3 is 0 Å². The molecule has 2 aliphatic carbocycles. The number of rotatable bonds is 1. The summed E-state index contributed by atoms with van der Waals surface area (Å²) in [5, 5.41) is 0. The van der Waals surface area contributed by atoms with Crippen LogP contribution >= 0.6 is 22.6 Å². The van der Waals surface area contributed by atoms with Crippen LogP contribution in [0, 0.1) is 11.8 Å². The molecule has 1 saturated carbocycles. The van der Waals surface area contributed by atoms with Crippen LogP contribution in [0.25, 0.3) is 0 Å². The molecule has 0 aliphatic heterocycles. The Morgan fingerprint density at radius 2 is 1.91 bits per heavy atom. The summed E-state index contributed by atoms with van der Waals surface area (Å²) in [6, 6.07) is 0.797. The minimum Gasteiger partial charge on any atom is -0.305 e. The van der Waals surface area contributed by atoms with Crippen molar-refractivity contribution in [1.82, 2.24) is 4.90 Å². The molecule has 1 fully saturated rings. The summed E-state index contributed by atoms with van der Waals surface area (Å²) in [6.07, 6.45) is 6.21. The highest BCUT2D eigenvalue weighted by atomic mass is 127. The van der Waals surface area contributed by atoms with Gasteiger partial charge in [-0.25, -0.2) is 0 Å². The fraction of sp³-hybridized carbons (Fsp3) is 0.778. The number of fused-ring (bicyclic) bond motifs is 2. The van der Waals surface area contributed by atoms with E-state index in [4.69, 9.17) is 0 Å². The number of hydrogen-bond donors (Lipinski definition) is 0. The smallest absolute Gasteiger partial charge is 0.0334 e. The highest BCUT2D eigenvalue weighted by Crippen LogP contribution is 2.45. The standard InChI is InChI=1S/C9H14IN/c1-11(2)9-7-4-3-6(5-7)8(9)10/h3-4,6-9H,5H2,1-2H3. The van der Waals surface area contributed by atoms with E-state index in [0.717, 1.165) is 21.8 Å². The zero-order chi connectivity index (χ0) is 8.01. The third-order valence-corrected chi connectivity index (χ3v) is 4.58. The van der Waals surface area contributed by atoms with E-state index in [-0.39, 0.29) is 0 Å². The summed E-state index contributed by atoms with van der Waals surface area (Å²) in [6.45, 7) is 0. The van der Waals surface area contributed by atoms with Crippen LogP contribution in [-0.4, -0.2) is 29.0 Å². The Hall–Kier alpha value is 0.430. The molecule has 0 radical (unpaired) electrons. The predicted octanol–water partition coefficient (Wildman–Crippen LogP) is 1.93. The van der Waals surface area contributed by atoms with Crippen LogP contribution < -0.4 is 0 Å². The van der Waals surface area contributed by atoms with E-state index in [1.807, 2.05) is 0 Å². The normalized spacial score (nSPS) is 47.6. The molecule has 2 rings (SSSR count). The number of alkyl halides is 1. The van der Waals surface area contributed by atoms with Crippen LogP contribution in [0.15, 0.2) is 12.2 Å². The van der Waals surface area contributed by atoms with Crippen molar-refractivity contribution in [2.45, 2.75) is 16.4 Å². The second-order valence-electron chi connectivity index (χ2n) is 3.85. The lowest BCUT2D eigenvalue weighted by atomic mass is 10.0. The van der Waals surface area contributed by atoms with E-state index in [1.165, 1.54) is 6.42 Å². The van der Waals surface area contributed by atoms with Gasteiger partial charge < -0.3 is 4.90 Å². The third kappa shape index (κ3) is 1.15. The fourth-order valence-corrected chi connectivity index (χ4v) is 4.11. The molecular weight excluding hydrogens is 249 g/mol. The second kappa shape index (κ2) is 2.73. The first-order valence-electron chi connectivity index (χ1n) is 4.19. The Morgan fingerprint density at radius 3 is 2.27 bits per heavy atom. The van der Waals surface area contributed by atoms with Crippen molar-refractivity contribution < 1.29 is 0 Å². The van der Waals surface area contributed by atoms with Gasteiger partial charge in [-0.1, -0.05) is 34.7 Å². The zero-order valence-corrected chi connectivity index (χ0v) is 9.15. The summed E-state index contributed by atoms with van der Waals surface area (Å²) >= 11 is 2.61. The summed E-state index contributed by atoms with van der Waals surface area (Å²) in [7, 11) is 4.40. The molecule has 2 aliphatic rings. The monoisotopic (exact) mass is 263 g/mol. The molecule has 0 amide bonds. The second-order valence-corrected chi connectivity index (χ2v) is 5.29. The van der Waals surface area contributed by atoms with Crippen LogP contribution in [0.2, 0.25) is 0 Å². The van der Waals surface area contributed by atoms with Gasteiger partial charge in [0.1, 0.15) is 0 Å². The van der Waals surface area contributed by atoms with E-state index in [9.17, 15) is 0 Å². The molecule has 0 aromatic carbocycles. The van der Waals surface area contributed by atoms with Gasteiger partial charge in [0, 0.05) is 9.97 Å². The van der Waals surface area contributed by atoms with Gasteiger partial charge in [0.25, 0.3) is 0 Å². The lowest BCUT2D eigenvalue weighted by molar-refractivity contribution is 0.268. The third-order valence-electron chi connectivity index (χ3n) is 2.92. The molecule has 0 saturated heterocycles. The molecule has 62 valence electrons. The number of nitrogens with zero attached hydrogens (tertiary/aromatic N) is 1. The lowest BCUT2D eigenvalue weighted by Gasteiger charge is -2.29. The predicted molar refractivity (Wildman–Crippen MR) is 56.0 cm³/mol. The average molecular weight is 263 g/mol. The van der Waals surface area contributed by atoms with Crippen LogP contribution in [0.5, 0.6) is 0 Å².